The first kappa shape index (κ1) is 18.3. The summed E-state index contributed by atoms with van der Waals surface area (Å²) in [4.78, 5) is 2.13. The van der Waals surface area contributed by atoms with Crippen LogP contribution < -0.4 is 5.32 Å². The maximum absolute atomic E-state index is 14.1. The molecule has 0 aromatic heterocycles. The molecule has 1 aliphatic heterocycles. The van der Waals surface area contributed by atoms with Crippen LogP contribution >= 0.6 is 12.4 Å². The number of nitrogens with one attached hydrogen (secondary N) is 1. The summed E-state index contributed by atoms with van der Waals surface area (Å²) in [5.41, 5.74) is -0.0408. The SMILES string of the molecule is CC(C)(C)[C@@H](c1ccc(F)c(F)c1F)N1CCNCC1.Cl. The minimum atomic E-state index is -1.38. The molecule has 0 unspecified atom stereocenters. The van der Waals surface area contributed by atoms with Crippen LogP contribution in [-0.4, -0.2) is 31.1 Å². The Bertz CT molecular complexity index is 483. The van der Waals surface area contributed by atoms with E-state index in [1.807, 2.05) is 20.8 Å². The Balaban J connectivity index is 0.00000220. The minimum Gasteiger partial charge on any atom is -0.314 e. The minimum absolute atomic E-state index is 0. The van der Waals surface area contributed by atoms with Crippen molar-refractivity contribution in [1.82, 2.24) is 10.2 Å². The van der Waals surface area contributed by atoms with E-state index in [0.29, 0.717) is 0 Å². The smallest absolute Gasteiger partial charge is 0.194 e. The van der Waals surface area contributed by atoms with Gasteiger partial charge in [0.25, 0.3) is 0 Å². The van der Waals surface area contributed by atoms with Crippen LogP contribution in [0, 0.1) is 22.9 Å². The van der Waals surface area contributed by atoms with Gasteiger partial charge in [0.15, 0.2) is 17.5 Å². The van der Waals surface area contributed by atoms with Crippen LogP contribution in [0.5, 0.6) is 0 Å². The molecule has 2 rings (SSSR count). The Morgan fingerprint density at radius 3 is 2.14 bits per heavy atom. The fourth-order valence-corrected chi connectivity index (χ4v) is 2.90. The highest BCUT2D eigenvalue weighted by Crippen LogP contribution is 2.39. The summed E-state index contributed by atoms with van der Waals surface area (Å²) in [5.74, 6) is -3.59. The van der Waals surface area contributed by atoms with Crippen LogP contribution in [0.2, 0.25) is 0 Å². The summed E-state index contributed by atoms with van der Waals surface area (Å²) in [6, 6.07) is 2.10. The molecular formula is C15H22ClF3N2. The van der Waals surface area contributed by atoms with E-state index in [2.05, 4.69) is 10.2 Å². The first-order chi connectivity index (χ1) is 9.32. The van der Waals surface area contributed by atoms with Gasteiger partial charge in [-0.2, -0.15) is 0 Å². The van der Waals surface area contributed by atoms with Gasteiger partial charge in [-0.15, -0.1) is 12.4 Å². The Morgan fingerprint density at radius 2 is 1.62 bits per heavy atom. The van der Waals surface area contributed by atoms with E-state index in [1.54, 1.807) is 0 Å². The lowest BCUT2D eigenvalue weighted by Gasteiger charge is -2.42. The van der Waals surface area contributed by atoms with Gasteiger partial charge >= 0.3 is 0 Å². The summed E-state index contributed by atoms with van der Waals surface area (Å²) < 4.78 is 40.8. The molecule has 1 aromatic rings. The average Bonchev–Trinajstić information content (AvgIpc) is 2.39. The Labute approximate surface area is 130 Å². The molecule has 0 radical (unpaired) electrons. The number of halogens is 4. The van der Waals surface area contributed by atoms with Crippen molar-refractivity contribution in [3.63, 3.8) is 0 Å². The van der Waals surface area contributed by atoms with Crippen molar-refractivity contribution in [3.05, 3.63) is 35.1 Å². The molecule has 1 fully saturated rings. The molecule has 0 bridgehead atoms. The number of nitrogens with zero attached hydrogens (tertiary/aromatic N) is 1. The molecule has 6 heteroatoms. The molecule has 0 spiro atoms. The summed E-state index contributed by atoms with van der Waals surface area (Å²) >= 11 is 0. The van der Waals surface area contributed by atoms with E-state index >= 15 is 0 Å². The predicted octanol–water partition coefficient (Wildman–Crippen LogP) is 3.52. The Kier molecular flexibility index (Phi) is 6.08. The molecule has 1 heterocycles. The van der Waals surface area contributed by atoms with Crippen LogP contribution in [0.25, 0.3) is 0 Å². The zero-order valence-electron chi connectivity index (χ0n) is 12.5. The van der Waals surface area contributed by atoms with Crippen molar-refractivity contribution >= 4 is 12.4 Å². The normalized spacial score (nSPS) is 18.2. The van der Waals surface area contributed by atoms with E-state index in [-0.39, 0.29) is 29.4 Å². The van der Waals surface area contributed by atoms with Gasteiger partial charge in [-0.25, -0.2) is 13.2 Å². The van der Waals surface area contributed by atoms with Crippen LogP contribution in [0.1, 0.15) is 32.4 Å². The van der Waals surface area contributed by atoms with Gasteiger partial charge in [0, 0.05) is 37.8 Å². The summed E-state index contributed by atoms with van der Waals surface area (Å²) in [6.45, 7) is 9.12. The van der Waals surface area contributed by atoms with Crippen LogP contribution in [-0.2, 0) is 0 Å². The molecule has 1 atom stereocenters. The first-order valence-electron chi connectivity index (χ1n) is 6.90. The lowest BCUT2D eigenvalue weighted by molar-refractivity contribution is 0.0827. The molecular weight excluding hydrogens is 301 g/mol. The first-order valence-corrected chi connectivity index (χ1v) is 6.90. The average molecular weight is 323 g/mol. The topological polar surface area (TPSA) is 15.3 Å². The number of rotatable bonds is 2. The summed E-state index contributed by atoms with van der Waals surface area (Å²) in [5, 5.41) is 3.24. The van der Waals surface area contributed by atoms with Gasteiger partial charge in [0.2, 0.25) is 0 Å². The van der Waals surface area contributed by atoms with E-state index in [1.165, 1.54) is 6.07 Å². The summed E-state index contributed by atoms with van der Waals surface area (Å²) in [6.07, 6.45) is 0. The van der Waals surface area contributed by atoms with Crippen molar-refractivity contribution in [2.75, 3.05) is 26.2 Å². The van der Waals surface area contributed by atoms with Gasteiger partial charge in [-0.3, -0.25) is 4.90 Å². The third-order valence-electron chi connectivity index (χ3n) is 3.70. The second kappa shape index (κ2) is 6.99. The number of hydrogen-bond acceptors (Lipinski definition) is 2. The Hall–Kier alpha value is -0.780. The third kappa shape index (κ3) is 3.90. The quantitative estimate of drug-likeness (QED) is 0.838. The lowest BCUT2D eigenvalue weighted by Crippen LogP contribution is -2.48. The second-order valence-corrected chi connectivity index (χ2v) is 6.32. The van der Waals surface area contributed by atoms with E-state index < -0.39 is 17.5 Å². The third-order valence-corrected chi connectivity index (χ3v) is 3.70. The van der Waals surface area contributed by atoms with E-state index in [4.69, 9.17) is 0 Å². The molecule has 1 saturated heterocycles. The standard InChI is InChI=1S/C15H21F3N2.ClH/c1-15(2,3)14(20-8-6-19-7-9-20)10-4-5-11(16)13(18)12(10)17;/h4-5,14,19H,6-9H2,1-3H3;1H/t14-;/m1./s1. The van der Waals surface area contributed by atoms with Gasteiger partial charge < -0.3 is 5.32 Å². The molecule has 120 valence electrons. The fraction of sp³-hybridized carbons (Fsp3) is 0.600. The zero-order chi connectivity index (χ0) is 14.9. The molecule has 1 aliphatic rings. The molecule has 0 aliphatic carbocycles. The van der Waals surface area contributed by atoms with E-state index in [0.717, 1.165) is 32.2 Å². The number of hydrogen-bond donors (Lipinski definition) is 1. The van der Waals surface area contributed by atoms with Gasteiger partial charge in [-0.05, 0) is 11.5 Å². The van der Waals surface area contributed by atoms with Gasteiger partial charge in [-0.1, -0.05) is 26.8 Å². The molecule has 1 N–H and O–H groups in total. The second-order valence-electron chi connectivity index (χ2n) is 6.32. The number of piperazine rings is 1. The van der Waals surface area contributed by atoms with Gasteiger partial charge in [0.05, 0.1) is 0 Å². The molecule has 21 heavy (non-hydrogen) atoms. The monoisotopic (exact) mass is 322 g/mol. The van der Waals surface area contributed by atoms with Crippen molar-refractivity contribution < 1.29 is 13.2 Å². The van der Waals surface area contributed by atoms with Crippen LogP contribution in [0.3, 0.4) is 0 Å². The van der Waals surface area contributed by atoms with Crippen LogP contribution in [0.4, 0.5) is 13.2 Å². The maximum atomic E-state index is 14.1. The van der Waals surface area contributed by atoms with E-state index in [9.17, 15) is 13.2 Å². The largest absolute Gasteiger partial charge is 0.314 e. The fourth-order valence-electron chi connectivity index (χ4n) is 2.90. The maximum Gasteiger partial charge on any atom is 0.194 e. The predicted molar refractivity (Wildman–Crippen MR) is 80.2 cm³/mol. The highest BCUT2D eigenvalue weighted by Gasteiger charge is 2.35. The highest BCUT2D eigenvalue weighted by molar-refractivity contribution is 5.85. The van der Waals surface area contributed by atoms with Crippen LogP contribution in [0.15, 0.2) is 12.1 Å². The molecule has 0 amide bonds. The molecule has 2 nitrogen and oxygen atoms in total. The van der Waals surface area contributed by atoms with Crippen molar-refractivity contribution in [2.24, 2.45) is 5.41 Å². The van der Waals surface area contributed by atoms with Crippen molar-refractivity contribution in [2.45, 2.75) is 26.8 Å². The van der Waals surface area contributed by atoms with Crippen molar-refractivity contribution in [1.29, 1.82) is 0 Å². The zero-order valence-corrected chi connectivity index (χ0v) is 13.4. The van der Waals surface area contributed by atoms with Gasteiger partial charge in [0.1, 0.15) is 0 Å². The lowest BCUT2D eigenvalue weighted by atomic mass is 9.80. The van der Waals surface area contributed by atoms with Crippen molar-refractivity contribution in [3.8, 4) is 0 Å². The highest BCUT2D eigenvalue weighted by atomic mass is 35.5. The summed E-state index contributed by atoms with van der Waals surface area (Å²) in [7, 11) is 0. The molecule has 1 aromatic carbocycles. The Morgan fingerprint density at radius 1 is 1.05 bits per heavy atom. The molecule has 0 saturated carbocycles. The number of benzene rings is 1.